The Morgan fingerprint density at radius 1 is 1.14 bits per heavy atom. The van der Waals surface area contributed by atoms with Gasteiger partial charge in [0.25, 0.3) is 0 Å². The van der Waals surface area contributed by atoms with Crippen LogP contribution in [0.4, 0.5) is 5.13 Å². The number of ether oxygens (including phenoxy) is 1. The number of thiazole rings is 1. The quantitative estimate of drug-likeness (QED) is 0.529. The van der Waals surface area contributed by atoms with Crippen molar-refractivity contribution in [2.45, 2.75) is 19.8 Å². The third-order valence-corrected chi connectivity index (χ3v) is 6.38. The van der Waals surface area contributed by atoms with Crippen LogP contribution in [0.5, 0.6) is 5.75 Å². The number of fused-ring (bicyclic) bond motifs is 1. The molecule has 0 aliphatic carbocycles. The van der Waals surface area contributed by atoms with Crippen LogP contribution >= 0.6 is 22.9 Å². The monoisotopic (exact) mass is 429 g/mol. The van der Waals surface area contributed by atoms with Crippen molar-refractivity contribution in [3.8, 4) is 5.75 Å². The molecule has 0 N–H and O–H groups in total. The molecule has 152 valence electrons. The topological polar surface area (TPSA) is 45.7 Å². The van der Waals surface area contributed by atoms with E-state index >= 15 is 0 Å². The Balaban J connectivity index is 1.22. The number of aryl methyl sites for hydroxylation is 1. The Hall–Kier alpha value is -2.31. The first-order valence-electron chi connectivity index (χ1n) is 9.87. The number of anilines is 1. The average molecular weight is 430 g/mol. The summed E-state index contributed by atoms with van der Waals surface area (Å²) in [6.07, 6.45) is 1.25. The molecule has 1 aromatic heterocycles. The van der Waals surface area contributed by atoms with Crippen LogP contribution in [0.25, 0.3) is 10.2 Å². The summed E-state index contributed by atoms with van der Waals surface area (Å²) in [4.78, 5) is 21.4. The molecule has 0 saturated carbocycles. The minimum atomic E-state index is 0.202. The molecule has 29 heavy (non-hydrogen) atoms. The molecule has 1 saturated heterocycles. The number of carbonyl (C=O) groups excluding carboxylic acids is 1. The number of carbonyl (C=O) groups is 1. The summed E-state index contributed by atoms with van der Waals surface area (Å²) in [5.41, 5.74) is 2.18. The molecule has 1 aliphatic heterocycles. The highest BCUT2D eigenvalue weighted by Crippen LogP contribution is 2.31. The van der Waals surface area contributed by atoms with E-state index in [1.807, 2.05) is 47.4 Å². The number of halogens is 1. The van der Waals surface area contributed by atoms with Crippen molar-refractivity contribution in [2.24, 2.45) is 0 Å². The normalized spacial score (nSPS) is 14.4. The van der Waals surface area contributed by atoms with Crippen LogP contribution in [-0.4, -0.2) is 48.6 Å². The maximum absolute atomic E-state index is 12.5. The van der Waals surface area contributed by atoms with Gasteiger partial charge in [-0.2, -0.15) is 0 Å². The van der Waals surface area contributed by atoms with E-state index in [1.165, 1.54) is 5.56 Å². The van der Waals surface area contributed by atoms with Crippen molar-refractivity contribution in [3.63, 3.8) is 0 Å². The lowest BCUT2D eigenvalue weighted by Crippen LogP contribution is -2.48. The molecule has 0 unspecified atom stereocenters. The molecule has 0 atom stereocenters. The van der Waals surface area contributed by atoms with Gasteiger partial charge in [0.15, 0.2) is 5.13 Å². The summed E-state index contributed by atoms with van der Waals surface area (Å²) >= 11 is 7.73. The molecular formula is C22H24ClN3O2S. The molecule has 1 fully saturated rings. The zero-order chi connectivity index (χ0) is 20.2. The van der Waals surface area contributed by atoms with Crippen LogP contribution in [0.2, 0.25) is 5.02 Å². The van der Waals surface area contributed by atoms with E-state index in [4.69, 9.17) is 21.3 Å². The Morgan fingerprint density at radius 3 is 2.66 bits per heavy atom. The summed E-state index contributed by atoms with van der Waals surface area (Å²) in [7, 11) is 0. The van der Waals surface area contributed by atoms with E-state index in [0.717, 1.165) is 58.7 Å². The second kappa shape index (κ2) is 9.01. The van der Waals surface area contributed by atoms with Gasteiger partial charge in [0.1, 0.15) is 5.75 Å². The molecule has 1 aliphatic rings. The van der Waals surface area contributed by atoms with Gasteiger partial charge in [0, 0.05) is 37.6 Å². The Morgan fingerprint density at radius 2 is 1.90 bits per heavy atom. The van der Waals surface area contributed by atoms with Crippen molar-refractivity contribution in [2.75, 3.05) is 37.7 Å². The fourth-order valence-corrected chi connectivity index (χ4v) is 4.67. The van der Waals surface area contributed by atoms with Crippen LogP contribution < -0.4 is 9.64 Å². The molecule has 5 nitrogen and oxygen atoms in total. The summed E-state index contributed by atoms with van der Waals surface area (Å²) in [5, 5.41) is 1.73. The number of benzene rings is 2. The zero-order valence-corrected chi connectivity index (χ0v) is 18.0. The van der Waals surface area contributed by atoms with Crippen molar-refractivity contribution < 1.29 is 9.53 Å². The lowest BCUT2D eigenvalue weighted by atomic mass is 10.2. The van der Waals surface area contributed by atoms with Crippen LogP contribution in [0.3, 0.4) is 0 Å². The highest BCUT2D eigenvalue weighted by molar-refractivity contribution is 7.22. The van der Waals surface area contributed by atoms with Crippen LogP contribution in [-0.2, 0) is 4.79 Å². The van der Waals surface area contributed by atoms with Gasteiger partial charge in [-0.1, -0.05) is 40.6 Å². The highest BCUT2D eigenvalue weighted by atomic mass is 35.5. The van der Waals surface area contributed by atoms with E-state index in [-0.39, 0.29) is 5.91 Å². The highest BCUT2D eigenvalue weighted by Gasteiger charge is 2.22. The van der Waals surface area contributed by atoms with Crippen LogP contribution in [0.15, 0.2) is 42.5 Å². The van der Waals surface area contributed by atoms with Crippen molar-refractivity contribution in [3.05, 3.63) is 53.1 Å². The lowest BCUT2D eigenvalue weighted by Gasteiger charge is -2.34. The van der Waals surface area contributed by atoms with Crippen LogP contribution in [0, 0.1) is 6.92 Å². The van der Waals surface area contributed by atoms with Gasteiger partial charge in [0.2, 0.25) is 5.91 Å². The summed E-state index contributed by atoms with van der Waals surface area (Å²) in [5.74, 6) is 1.06. The van der Waals surface area contributed by atoms with Gasteiger partial charge in [-0.25, -0.2) is 4.98 Å². The lowest BCUT2D eigenvalue weighted by molar-refractivity contribution is -0.131. The number of rotatable bonds is 6. The number of nitrogens with zero attached hydrogens (tertiary/aromatic N) is 3. The van der Waals surface area contributed by atoms with Gasteiger partial charge in [-0.05, 0) is 43.7 Å². The molecule has 4 rings (SSSR count). The van der Waals surface area contributed by atoms with Crippen molar-refractivity contribution in [1.29, 1.82) is 0 Å². The summed E-state index contributed by atoms with van der Waals surface area (Å²) in [6, 6.07) is 13.8. The van der Waals surface area contributed by atoms with Crippen LogP contribution in [0.1, 0.15) is 18.4 Å². The summed E-state index contributed by atoms with van der Waals surface area (Å²) < 4.78 is 6.81. The van der Waals surface area contributed by atoms with E-state index < -0.39 is 0 Å². The standard InChI is InChI=1S/C22H24ClN3O2S/c1-16-4-7-18(8-5-16)28-14-2-3-21(27)25-10-12-26(13-11-25)22-24-19-9-6-17(23)15-20(19)29-22/h4-9,15H,2-3,10-14H2,1H3. The molecular weight excluding hydrogens is 406 g/mol. The second-order valence-electron chi connectivity index (χ2n) is 7.24. The molecule has 7 heteroatoms. The third kappa shape index (κ3) is 5.00. The van der Waals surface area contributed by atoms with Gasteiger partial charge in [-0.15, -0.1) is 0 Å². The van der Waals surface area contributed by atoms with Crippen molar-refractivity contribution >= 4 is 44.2 Å². The smallest absolute Gasteiger partial charge is 0.222 e. The number of aromatic nitrogens is 1. The molecule has 2 aromatic carbocycles. The van der Waals surface area contributed by atoms with Gasteiger partial charge in [-0.3, -0.25) is 4.79 Å². The first kappa shape index (κ1) is 20.0. The fraction of sp³-hybridized carbons (Fsp3) is 0.364. The Bertz CT molecular complexity index is 981. The predicted octanol–water partition coefficient (Wildman–Crippen LogP) is 4.77. The van der Waals surface area contributed by atoms with E-state index in [2.05, 4.69) is 11.8 Å². The maximum atomic E-state index is 12.5. The van der Waals surface area contributed by atoms with Gasteiger partial charge in [0.05, 0.1) is 16.8 Å². The second-order valence-corrected chi connectivity index (χ2v) is 8.69. The first-order valence-corrected chi connectivity index (χ1v) is 11.1. The van der Waals surface area contributed by atoms with Gasteiger partial charge >= 0.3 is 0 Å². The van der Waals surface area contributed by atoms with E-state index in [1.54, 1.807) is 11.3 Å². The molecule has 0 spiro atoms. The number of hydrogen-bond acceptors (Lipinski definition) is 5. The fourth-order valence-electron chi connectivity index (χ4n) is 3.37. The van der Waals surface area contributed by atoms with Crippen molar-refractivity contribution in [1.82, 2.24) is 9.88 Å². The Labute approximate surface area is 179 Å². The van der Waals surface area contributed by atoms with Gasteiger partial charge < -0.3 is 14.5 Å². The maximum Gasteiger partial charge on any atom is 0.222 e. The largest absolute Gasteiger partial charge is 0.494 e. The minimum absolute atomic E-state index is 0.202. The zero-order valence-electron chi connectivity index (χ0n) is 16.4. The van der Waals surface area contributed by atoms with E-state index in [9.17, 15) is 4.79 Å². The number of piperazine rings is 1. The molecule has 3 aromatic rings. The molecule has 0 bridgehead atoms. The third-order valence-electron chi connectivity index (χ3n) is 5.07. The molecule has 2 heterocycles. The first-order chi connectivity index (χ1) is 14.1. The number of hydrogen-bond donors (Lipinski definition) is 0. The molecule has 1 amide bonds. The Kier molecular flexibility index (Phi) is 6.21. The molecule has 0 radical (unpaired) electrons. The van der Waals surface area contributed by atoms with E-state index in [0.29, 0.717) is 13.0 Å². The predicted molar refractivity (Wildman–Crippen MR) is 119 cm³/mol. The summed E-state index contributed by atoms with van der Waals surface area (Å²) in [6.45, 7) is 5.68. The minimum Gasteiger partial charge on any atom is -0.494 e. The number of amides is 1. The average Bonchev–Trinajstić information content (AvgIpc) is 3.15. The SMILES string of the molecule is Cc1ccc(OCCCC(=O)N2CCN(c3nc4ccc(Cl)cc4s3)CC2)cc1.